The summed E-state index contributed by atoms with van der Waals surface area (Å²) in [4.78, 5) is 27.1. The summed E-state index contributed by atoms with van der Waals surface area (Å²) in [6.45, 7) is 3.61. The molecule has 1 aromatic rings. The van der Waals surface area contributed by atoms with Crippen LogP contribution in [0.15, 0.2) is 18.2 Å². The predicted octanol–water partition coefficient (Wildman–Crippen LogP) is 3.90. The van der Waals surface area contributed by atoms with E-state index >= 15 is 0 Å². The maximum absolute atomic E-state index is 13.9. The average Bonchev–Trinajstić information content (AvgIpc) is 2.87. The highest BCUT2D eigenvalue weighted by Gasteiger charge is 2.32. The van der Waals surface area contributed by atoms with Gasteiger partial charge in [0.1, 0.15) is 23.2 Å². The minimum atomic E-state index is -0.936. The maximum Gasteiger partial charge on any atom is 0.257 e. The molecule has 0 saturated heterocycles. The van der Waals surface area contributed by atoms with Crippen LogP contribution in [0.25, 0.3) is 0 Å². The second-order valence-corrected chi connectivity index (χ2v) is 7.39. The molecule has 1 aromatic carbocycles. The monoisotopic (exact) mass is 366 g/mol. The van der Waals surface area contributed by atoms with Crippen molar-refractivity contribution in [2.75, 3.05) is 7.05 Å². The number of benzene rings is 1. The predicted molar refractivity (Wildman–Crippen MR) is 96.7 cm³/mol. The quantitative estimate of drug-likeness (QED) is 0.804. The number of hydrogen-bond acceptors (Lipinski definition) is 2. The normalized spacial score (nSPS) is 16.8. The zero-order valence-corrected chi connectivity index (χ0v) is 15.7. The van der Waals surface area contributed by atoms with Crippen molar-refractivity contribution in [2.45, 2.75) is 64.5 Å². The number of nitrogens with one attached hydrogen (secondary N) is 1. The van der Waals surface area contributed by atoms with Gasteiger partial charge >= 0.3 is 0 Å². The van der Waals surface area contributed by atoms with Crippen molar-refractivity contribution in [3.05, 3.63) is 35.4 Å². The van der Waals surface area contributed by atoms with E-state index in [1.165, 1.54) is 18.9 Å². The highest BCUT2D eigenvalue weighted by atomic mass is 19.1. The third kappa shape index (κ3) is 4.80. The van der Waals surface area contributed by atoms with E-state index in [4.69, 9.17) is 0 Å². The van der Waals surface area contributed by atoms with E-state index in [1.807, 2.05) is 13.8 Å². The zero-order valence-electron chi connectivity index (χ0n) is 15.7. The number of carbonyl (C=O) groups excluding carboxylic acids is 2. The number of amides is 2. The molecule has 0 spiro atoms. The van der Waals surface area contributed by atoms with Crippen LogP contribution >= 0.6 is 0 Å². The minimum absolute atomic E-state index is 0.147. The molecule has 2 rings (SSSR count). The lowest BCUT2D eigenvalue weighted by Crippen LogP contribution is -2.52. The lowest BCUT2D eigenvalue weighted by Gasteiger charge is -2.32. The molecule has 1 fully saturated rings. The maximum atomic E-state index is 13.9. The molecule has 0 radical (unpaired) electrons. The molecule has 1 aliphatic rings. The second kappa shape index (κ2) is 9.10. The topological polar surface area (TPSA) is 49.4 Å². The molecule has 1 atom stereocenters. The van der Waals surface area contributed by atoms with Gasteiger partial charge < -0.3 is 10.2 Å². The van der Waals surface area contributed by atoms with Crippen molar-refractivity contribution in [1.29, 1.82) is 0 Å². The lowest BCUT2D eigenvalue weighted by molar-refractivity contribution is -0.135. The molecule has 0 aromatic heterocycles. The Labute approximate surface area is 153 Å². The van der Waals surface area contributed by atoms with Gasteiger partial charge in [0.2, 0.25) is 5.91 Å². The number of halogens is 2. The van der Waals surface area contributed by atoms with Crippen LogP contribution in [0.4, 0.5) is 8.78 Å². The van der Waals surface area contributed by atoms with E-state index in [2.05, 4.69) is 5.32 Å². The summed E-state index contributed by atoms with van der Waals surface area (Å²) in [5.74, 6) is -3.18. The Morgan fingerprint density at radius 2 is 1.62 bits per heavy atom. The molecule has 26 heavy (non-hydrogen) atoms. The first-order valence-corrected chi connectivity index (χ1v) is 9.34. The zero-order chi connectivity index (χ0) is 19.3. The summed E-state index contributed by atoms with van der Waals surface area (Å²) in [6.07, 6.45) is 6.42. The van der Waals surface area contributed by atoms with Crippen LogP contribution < -0.4 is 5.32 Å². The van der Waals surface area contributed by atoms with Crippen molar-refractivity contribution in [1.82, 2.24) is 10.2 Å². The van der Waals surface area contributed by atoms with Crippen LogP contribution in [0.2, 0.25) is 0 Å². The molecule has 2 amide bonds. The number of rotatable bonds is 5. The molecule has 1 saturated carbocycles. The van der Waals surface area contributed by atoms with Gasteiger partial charge in [-0.2, -0.15) is 0 Å². The Morgan fingerprint density at radius 3 is 2.12 bits per heavy atom. The van der Waals surface area contributed by atoms with Gasteiger partial charge in [-0.1, -0.05) is 45.6 Å². The van der Waals surface area contributed by atoms with Gasteiger partial charge in [-0.25, -0.2) is 8.78 Å². The van der Waals surface area contributed by atoms with Gasteiger partial charge in [-0.3, -0.25) is 9.59 Å². The number of carbonyl (C=O) groups is 2. The highest BCUT2D eigenvalue weighted by molar-refractivity contribution is 5.98. The van der Waals surface area contributed by atoms with E-state index in [-0.39, 0.29) is 17.9 Å². The van der Waals surface area contributed by atoms with Crippen molar-refractivity contribution in [3.8, 4) is 0 Å². The fourth-order valence-electron chi connectivity index (χ4n) is 3.49. The molecule has 144 valence electrons. The summed E-state index contributed by atoms with van der Waals surface area (Å²) in [7, 11) is 1.75. The van der Waals surface area contributed by atoms with Crippen LogP contribution in [0.5, 0.6) is 0 Å². The first kappa shape index (κ1) is 20.3. The molecule has 1 aliphatic carbocycles. The minimum Gasteiger partial charge on any atom is -0.341 e. The number of likely N-dealkylation sites (N-methyl/N-ethyl adjacent to an activating group) is 1. The van der Waals surface area contributed by atoms with Gasteiger partial charge in [-0.15, -0.1) is 0 Å². The molecule has 0 bridgehead atoms. The molecule has 6 heteroatoms. The van der Waals surface area contributed by atoms with Gasteiger partial charge in [0.15, 0.2) is 0 Å². The lowest BCUT2D eigenvalue weighted by atomic mass is 9.99. The molecular weight excluding hydrogens is 338 g/mol. The van der Waals surface area contributed by atoms with Gasteiger partial charge in [-0.05, 0) is 30.9 Å². The van der Waals surface area contributed by atoms with E-state index in [9.17, 15) is 18.4 Å². The molecule has 1 N–H and O–H groups in total. The standard InChI is InChI=1S/C20H28F2N2O2/c1-13(2)18(20(26)24(3)14-9-6-4-5-7-10-14)23-19(25)17-15(21)11-8-12-16(17)22/h8,11-14,18H,4-7,9-10H2,1-3H3,(H,23,25)/t18-/m0/s1. The molecule has 0 heterocycles. The van der Waals surface area contributed by atoms with Crippen molar-refractivity contribution < 1.29 is 18.4 Å². The van der Waals surface area contributed by atoms with Crippen LogP contribution in [0.3, 0.4) is 0 Å². The highest BCUT2D eigenvalue weighted by Crippen LogP contribution is 2.22. The SMILES string of the molecule is CC(C)[C@H](NC(=O)c1c(F)cccc1F)C(=O)N(C)C1CCCCCC1. The smallest absolute Gasteiger partial charge is 0.257 e. The van der Waals surface area contributed by atoms with Gasteiger partial charge in [0, 0.05) is 13.1 Å². The summed E-state index contributed by atoms with van der Waals surface area (Å²) in [6, 6.07) is 2.58. The fraction of sp³-hybridized carbons (Fsp3) is 0.600. The average molecular weight is 366 g/mol. The van der Waals surface area contributed by atoms with Gasteiger partial charge in [0.25, 0.3) is 5.91 Å². The third-order valence-electron chi connectivity index (χ3n) is 5.13. The first-order chi connectivity index (χ1) is 12.3. The summed E-state index contributed by atoms with van der Waals surface area (Å²) >= 11 is 0. The Kier molecular flexibility index (Phi) is 7.12. The third-order valence-corrected chi connectivity index (χ3v) is 5.13. The number of hydrogen-bond donors (Lipinski definition) is 1. The van der Waals surface area contributed by atoms with Crippen LogP contribution in [0.1, 0.15) is 62.7 Å². The Bertz CT molecular complexity index is 620. The fourth-order valence-corrected chi connectivity index (χ4v) is 3.49. The molecular formula is C20H28F2N2O2. The Hall–Kier alpha value is -1.98. The van der Waals surface area contributed by atoms with Crippen molar-refractivity contribution in [2.24, 2.45) is 5.92 Å². The molecule has 4 nitrogen and oxygen atoms in total. The number of nitrogens with zero attached hydrogens (tertiary/aromatic N) is 1. The largest absolute Gasteiger partial charge is 0.341 e. The molecule has 0 aliphatic heterocycles. The summed E-state index contributed by atoms with van der Waals surface area (Å²) < 4.78 is 27.7. The molecule has 0 unspecified atom stereocenters. The van der Waals surface area contributed by atoms with E-state index in [0.717, 1.165) is 37.8 Å². The van der Waals surface area contributed by atoms with E-state index in [0.29, 0.717) is 0 Å². The van der Waals surface area contributed by atoms with E-state index < -0.39 is 29.1 Å². The van der Waals surface area contributed by atoms with Crippen molar-refractivity contribution in [3.63, 3.8) is 0 Å². The van der Waals surface area contributed by atoms with Gasteiger partial charge in [0.05, 0.1) is 0 Å². The second-order valence-electron chi connectivity index (χ2n) is 7.39. The van der Waals surface area contributed by atoms with Crippen LogP contribution in [0, 0.1) is 17.6 Å². The Morgan fingerprint density at radius 1 is 1.08 bits per heavy atom. The van der Waals surface area contributed by atoms with Crippen LogP contribution in [-0.2, 0) is 4.79 Å². The summed E-state index contributed by atoms with van der Waals surface area (Å²) in [5, 5.41) is 2.54. The first-order valence-electron chi connectivity index (χ1n) is 9.34. The summed E-state index contributed by atoms with van der Waals surface area (Å²) in [5.41, 5.74) is -0.650. The van der Waals surface area contributed by atoms with E-state index in [1.54, 1.807) is 11.9 Å². The van der Waals surface area contributed by atoms with Crippen LogP contribution in [-0.4, -0.2) is 35.8 Å². The Balaban J connectivity index is 2.14. The van der Waals surface area contributed by atoms with Crippen molar-refractivity contribution >= 4 is 11.8 Å².